The van der Waals surface area contributed by atoms with Gasteiger partial charge in [0.2, 0.25) is 0 Å². The van der Waals surface area contributed by atoms with Gasteiger partial charge in [-0.3, -0.25) is 4.21 Å². The van der Waals surface area contributed by atoms with E-state index in [-0.39, 0.29) is 5.25 Å². The molecule has 1 aromatic heterocycles. The van der Waals surface area contributed by atoms with E-state index in [0.717, 1.165) is 31.0 Å². The molecule has 1 N–H and O–H groups in total. The maximum absolute atomic E-state index is 11.6. The molecule has 1 atom stereocenters. The zero-order chi connectivity index (χ0) is 12.0. The Balaban J connectivity index is 2.42. The van der Waals surface area contributed by atoms with Crippen LogP contribution in [0.25, 0.3) is 0 Å². The second kappa shape index (κ2) is 6.86. The Bertz CT molecular complexity index is 334. The predicted octanol–water partition coefficient (Wildman–Crippen LogP) is 2.44. The second-order valence-electron chi connectivity index (χ2n) is 4.12. The minimum atomic E-state index is -0.831. The van der Waals surface area contributed by atoms with E-state index in [1.807, 2.05) is 26.0 Å². The van der Waals surface area contributed by atoms with Gasteiger partial charge >= 0.3 is 0 Å². The van der Waals surface area contributed by atoms with Crippen LogP contribution >= 0.6 is 0 Å². The van der Waals surface area contributed by atoms with Gasteiger partial charge in [0.15, 0.2) is 0 Å². The average molecular weight is 243 g/mol. The van der Waals surface area contributed by atoms with Gasteiger partial charge in [-0.25, -0.2) is 0 Å². The Morgan fingerprint density at radius 2 is 2.06 bits per heavy atom. The molecule has 1 aromatic rings. The molecule has 0 radical (unpaired) electrons. The molecule has 0 bridgehead atoms. The lowest BCUT2D eigenvalue weighted by atomic mass is 10.4. The molecular weight excluding hydrogens is 222 g/mol. The summed E-state index contributed by atoms with van der Waals surface area (Å²) in [7, 11) is -0.831. The summed E-state index contributed by atoms with van der Waals surface area (Å²) >= 11 is 0. The molecule has 1 heterocycles. The van der Waals surface area contributed by atoms with Crippen molar-refractivity contribution in [3.05, 3.63) is 23.7 Å². The molecule has 0 aromatic carbocycles. The van der Waals surface area contributed by atoms with E-state index in [2.05, 4.69) is 12.2 Å². The summed E-state index contributed by atoms with van der Waals surface area (Å²) in [6.07, 6.45) is 1.12. The summed E-state index contributed by atoms with van der Waals surface area (Å²) in [5.74, 6) is 2.26. The molecule has 0 saturated heterocycles. The summed E-state index contributed by atoms with van der Waals surface area (Å²) < 4.78 is 17.2. The molecular formula is C12H21NO2S. The highest BCUT2D eigenvalue weighted by molar-refractivity contribution is 7.84. The van der Waals surface area contributed by atoms with E-state index >= 15 is 0 Å². The molecule has 0 spiro atoms. The minimum absolute atomic E-state index is 0.187. The van der Waals surface area contributed by atoms with E-state index in [1.165, 1.54) is 0 Å². The van der Waals surface area contributed by atoms with Crippen molar-refractivity contribution in [3.8, 4) is 0 Å². The van der Waals surface area contributed by atoms with Gasteiger partial charge < -0.3 is 9.73 Å². The Hall–Kier alpha value is -0.610. The number of hydrogen-bond donors (Lipinski definition) is 1. The molecule has 92 valence electrons. The van der Waals surface area contributed by atoms with Crippen molar-refractivity contribution in [3.63, 3.8) is 0 Å². The topological polar surface area (TPSA) is 42.2 Å². The van der Waals surface area contributed by atoms with Crippen LogP contribution in [-0.4, -0.2) is 16.0 Å². The fourth-order valence-electron chi connectivity index (χ4n) is 1.29. The van der Waals surface area contributed by atoms with Gasteiger partial charge in [-0.15, -0.1) is 0 Å². The number of hydrogen-bond acceptors (Lipinski definition) is 3. The van der Waals surface area contributed by atoms with Crippen LogP contribution in [-0.2, 0) is 23.1 Å². The first-order valence-corrected chi connectivity index (χ1v) is 7.17. The van der Waals surface area contributed by atoms with Crippen molar-refractivity contribution in [2.24, 2.45) is 0 Å². The van der Waals surface area contributed by atoms with Crippen LogP contribution in [0.3, 0.4) is 0 Å². The Morgan fingerprint density at radius 3 is 2.69 bits per heavy atom. The highest BCUT2D eigenvalue weighted by atomic mass is 32.2. The van der Waals surface area contributed by atoms with Gasteiger partial charge in [-0.2, -0.15) is 0 Å². The molecule has 1 rings (SSSR count). The molecule has 1 unspecified atom stereocenters. The van der Waals surface area contributed by atoms with E-state index in [0.29, 0.717) is 5.75 Å². The second-order valence-corrected chi connectivity index (χ2v) is 6.11. The fraction of sp³-hybridized carbons (Fsp3) is 0.667. The summed E-state index contributed by atoms with van der Waals surface area (Å²) in [5, 5.41) is 3.46. The largest absolute Gasteiger partial charge is 0.464 e. The van der Waals surface area contributed by atoms with Crippen LogP contribution < -0.4 is 5.32 Å². The lowest BCUT2D eigenvalue weighted by Gasteiger charge is -2.03. The highest BCUT2D eigenvalue weighted by Gasteiger charge is 2.09. The predicted molar refractivity (Wildman–Crippen MR) is 67.7 cm³/mol. The highest BCUT2D eigenvalue weighted by Crippen LogP contribution is 2.11. The van der Waals surface area contributed by atoms with Crippen LogP contribution in [0, 0.1) is 0 Å². The SMILES string of the molecule is CCCNCc1ccc(CS(=O)C(C)C)o1. The van der Waals surface area contributed by atoms with E-state index in [1.54, 1.807) is 0 Å². The third kappa shape index (κ3) is 4.49. The Kier molecular flexibility index (Phi) is 5.77. The first-order valence-electron chi connectivity index (χ1n) is 5.79. The van der Waals surface area contributed by atoms with E-state index in [4.69, 9.17) is 4.42 Å². The maximum Gasteiger partial charge on any atom is 0.118 e. The summed E-state index contributed by atoms with van der Waals surface area (Å²) in [6, 6.07) is 3.87. The van der Waals surface area contributed by atoms with Crippen LogP contribution in [0.1, 0.15) is 38.7 Å². The third-order valence-corrected chi connectivity index (χ3v) is 3.87. The molecule has 4 heteroatoms. The quantitative estimate of drug-likeness (QED) is 0.748. The molecule has 0 saturated carbocycles. The van der Waals surface area contributed by atoms with Crippen molar-refractivity contribution in [2.45, 2.75) is 44.7 Å². The lowest BCUT2D eigenvalue weighted by Crippen LogP contribution is -2.13. The standard InChI is InChI=1S/C12H21NO2S/c1-4-7-13-8-11-5-6-12(15-11)9-16(14)10(2)3/h5-6,10,13H,4,7-9H2,1-3H3. The molecule has 0 amide bonds. The lowest BCUT2D eigenvalue weighted by molar-refractivity contribution is 0.458. The van der Waals surface area contributed by atoms with E-state index < -0.39 is 10.8 Å². The normalized spacial score (nSPS) is 13.2. The zero-order valence-electron chi connectivity index (χ0n) is 10.3. The van der Waals surface area contributed by atoms with Crippen LogP contribution in [0.2, 0.25) is 0 Å². The van der Waals surface area contributed by atoms with Gasteiger partial charge in [0.1, 0.15) is 11.5 Å². The molecule has 0 aliphatic rings. The first kappa shape index (κ1) is 13.5. The van der Waals surface area contributed by atoms with Crippen LogP contribution in [0.15, 0.2) is 16.5 Å². The van der Waals surface area contributed by atoms with Crippen molar-refractivity contribution < 1.29 is 8.63 Å². The summed E-state index contributed by atoms with van der Waals surface area (Å²) in [4.78, 5) is 0. The number of rotatable bonds is 7. The molecule has 0 aliphatic heterocycles. The van der Waals surface area contributed by atoms with Crippen molar-refractivity contribution in [1.82, 2.24) is 5.32 Å². The van der Waals surface area contributed by atoms with Crippen LogP contribution in [0.5, 0.6) is 0 Å². The van der Waals surface area contributed by atoms with Crippen molar-refractivity contribution in [2.75, 3.05) is 6.54 Å². The molecule has 16 heavy (non-hydrogen) atoms. The van der Waals surface area contributed by atoms with Gasteiger partial charge in [0.25, 0.3) is 0 Å². The average Bonchev–Trinajstić information content (AvgIpc) is 2.66. The third-order valence-electron chi connectivity index (χ3n) is 2.25. The molecule has 0 fully saturated rings. The summed E-state index contributed by atoms with van der Waals surface area (Å²) in [5.41, 5.74) is 0. The maximum atomic E-state index is 11.6. The Morgan fingerprint density at radius 1 is 1.38 bits per heavy atom. The van der Waals surface area contributed by atoms with Crippen molar-refractivity contribution >= 4 is 10.8 Å². The van der Waals surface area contributed by atoms with Gasteiger partial charge in [0, 0.05) is 16.0 Å². The fourth-order valence-corrected chi connectivity index (χ4v) is 2.06. The van der Waals surface area contributed by atoms with Gasteiger partial charge in [0.05, 0.1) is 12.3 Å². The number of furan rings is 1. The Labute approximate surface area is 100 Å². The smallest absolute Gasteiger partial charge is 0.118 e. The van der Waals surface area contributed by atoms with Crippen LogP contribution in [0.4, 0.5) is 0 Å². The van der Waals surface area contributed by atoms with Gasteiger partial charge in [-0.1, -0.05) is 20.8 Å². The van der Waals surface area contributed by atoms with Gasteiger partial charge in [-0.05, 0) is 25.1 Å². The van der Waals surface area contributed by atoms with E-state index in [9.17, 15) is 4.21 Å². The monoisotopic (exact) mass is 243 g/mol. The number of nitrogens with one attached hydrogen (secondary N) is 1. The minimum Gasteiger partial charge on any atom is -0.464 e. The summed E-state index contributed by atoms with van der Waals surface area (Å²) in [6.45, 7) is 7.80. The molecule has 0 aliphatic carbocycles. The zero-order valence-corrected chi connectivity index (χ0v) is 11.1. The van der Waals surface area contributed by atoms with Crippen molar-refractivity contribution in [1.29, 1.82) is 0 Å². The first-order chi connectivity index (χ1) is 7.63. The molecule has 3 nitrogen and oxygen atoms in total.